The van der Waals surface area contributed by atoms with Gasteiger partial charge < -0.3 is 9.73 Å². The summed E-state index contributed by atoms with van der Waals surface area (Å²) in [6, 6.07) is 1.86. The van der Waals surface area contributed by atoms with Crippen molar-refractivity contribution in [3.8, 4) is 0 Å². The highest BCUT2D eigenvalue weighted by Crippen LogP contribution is 2.19. The summed E-state index contributed by atoms with van der Waals surface area (Å²) in [6.07, 6.45) is 3.89. The van der Waals surface area contributed by atoms with Crippen LogP contribution in [0.5, 0.6) is 0 Å². The quantitative estimate of drug-likeness (QED) is 0.673. The van der Waals surface area contributed by atoms with Gasteiger partial charge in [-0.25, -0.2) is 0 Å². The number of hydrogen-bond donors (Lipinski definition) is 1. The summed E-state index contributed by atoms with van der Waals surface area (Å²) in [7, 11) is 0. The lowest BCUT2D eigenvalue weighted by atomic mass is 9.92. The first-order chi connectivity index (χ1) is 5.88. The molecular formula is C9H11NO2. The first-order valence-corrected chi connectivity index (χ1v) is 4.13. The highest BCUT2D eigenvalue weighted by molar-refractivity contribution is 5.86. The molecule has 1 N–H and O–H groups in total. The topological polar surface area (TPSA) is 42.2 Å². The lowest BCUT2D eigenvalue weighted by Crippen LogP contribution is -2.35. The molecule has 0 amide bonds. The van der Waals surface area contributed by atoms with Crippen molar-refractivity contribution in [1.29, 1.82) is 0 Å². The Kier molecular flexibility index (Phi) is 1.96. The predicted octanol–water partition coefficient (Wildman–Crippen LogP) is 0.926. The number of carbonyl (C=O) groups excluding carboxylic acids is 1. The molecule has 1 aliphatic rings. The summed E-state index contributed by atoms with van der Waals surface area (Å²) in [5, 5.41) is 3.19. The van der Waals surface area contributed by atoms with E-state index in [0.717, 1.165) is 18.7 Å². The molecule has 0 saturated carbocycles. The van der Waals surface area contributed by atoms with Crippen LogP contribution in [0.4, 0.5) is 0 Å². The van der Waals surface area contributed by atoms with Crippen LogP contribution in [0.2, 0.25) is 0 Å². The maximum Gasteiger partial charge on any atom is 0.143 e. The third-order valence-corrected chi connectivity index (χ3v) is 2.23. The average Bonchev–Trinajstić information content (AvgIpc) is 2.57. The largest absolute Gasteiger partial charge is 0.472 e. The van der Waals surface area contributed by atoms with Crippen LogP contribution in [0.3, 0.4) is 0 Å². The minimum atomic E-state index is 0.0116. The minimum absolute atomic E-state index is 0.0116. The van der Waals surface area contributed by atoms with E-state index in [0.29, 0.717) is 12.2 Å². The first kappa shape index (κ1) is 7.55. The smallest absolute Gasteiger partial charge is 0.143 e. The van der Waals surface area contributed by atoms with Gasteiger partial charge in [-0.15, -0.1) is 0 Å². The Bertz CT molecular complexity index is 266. The second-order valence-electron chi connectivity index (χ2n) is 3.03. The van der Waals surface area contributed by atoms with E-state index in [2.05, 4.69) is 5.32 Å². The Morgan fingerprint density at radius 3 is 3.17 bits per heavy atom. The zero-order chi connectivity index (χ0) is 8.39. The molecule has 0 radical (unpaired) electrons. The van der Waals surface area contributed by atoms with Gasteiger partial charge in [0, 0.05) is 25.1 Å². The normalized spacial score (nSPS) is 24.3. The van der Waals surface area contributed by atoms with E-state index in [4.69, 9.17) is 4.42 Å². The van der Waals surface area contributed by atoms with Gasteiger partial charge in [0.2, 0.25) is 0 Å². The zero-order valence-electron chi connectivity index (χ0n) is 6.75. The third-order valence-electron chi connectivity index (χ3n) is 2.23. The minimum Gasteiger partial charge on any atom is -0.472 e. The first-order valence-electron chi connectivity index (χ1n) is 4.13. The Morgan fingerprint density at radius 2 is 2.50 bits per heavy atom. The van der Waals surface area contributed by atoms with Crippen molar-refractivity contribution >= 4 is 5.78 Å². The fourth-order valence-electron chi connectivity index (χ4n) is 1.52. The molecular weight excluding hydrogens is 154 g/mol. The monoisotopic (exact) mass is 165 g/mol. The molecule has 0 spiro atoms. The lowest BCUT2D eigenvalue weighted by Gasteiger charge is -2.19. The molecule has 1 saturated heterocycles. The molecule has 3 heteroatoms. The van der Waals surface area contributed by atoms with Crippen LogP contribution >= 0.6 is 0 Å². The van der Waals surface area contributed by atoms with E-state index in [9.17, 15) is 4.79 Å². The number of furan rings is 1. The van der Waals surface area contributed by atoms with Gasteiger partial charge in [-0.2, -0.15) is 0 Å². The SMILES string of the molecule is O=C1CCNCC1c1ccoc1. The molecule has 1 aliphatic heterocycles. The summed E-state index contributed by atoms with van der Waals surface area (Å²) in [6.45, 7) is 1.56. The van der Waals surface area contributed by atoms with Gasteiger partial charge in [0.1, 0.15) is 5.78 Å². The van der Waals surface area contributed by atoms with E-state index in [1.165, 1.54) is 0 Å². The molecule has 64 valence electrons. The number of ketones is 1. The van der Waals surface area contributed by atoms with Gasteiger partial charge in [-0.05, 0) is 6.07 Å². The second kappa shape index (κ2) is 3.11. The molecule has 2 rings (SSSR count). The molecule has 3 nitrogen and oxygen atoms in total. The van der Waals surface area contributed by atoms with E-state index in [-0.39, 0.29) is 5.92 Å². The Hall–Kier alpha value is -1.09. The number of nitrogens with one attached hydrogen (secondary N) is 1. The summed E-state index contributed by atoms with van der Waals surface area (Å²) in [4.78, 5) is 11.4. The van der Waals surface area contributed by atoms with Crippen molar-refractivity contribution in [2.75, 3.05) is 13.1 Å². The number of piperidine rings is 1. The van der Waals surface area contributed by atoms with Crippen LogP contribution < -0.4 is 5.32 Å². The predicted molar refractivity (Wildman–Crippen MR) is 43.9 cm³/mol. The van der Waals surface area contributed by atoms with Gasteiger partial charge in [0.25, 0.3) is 0 Å². The summed E-state index contributed by atoms with van der Waals surface area (Å²) >= 11 is 0. The van der Waals surface area contributed by atoms with Crippen LogP contribution in [0.25, 0.3) is 0 Å². The number of rotatable bonds is 1. The zero-order valence-corrected chi connectivity index (χ0v) is 6.75. The van der Waals surface area contributed by atoms with Crippen molar-refractivity contribution in [3.63, 3.8) is 0 Å². The maximum atomic E-state index is 11.4. The van der Waals surface area contributed by atoms with Crippen LogP contribution in [0.15, 0.2) is 23.0 Å². The molecule has 1 fully saturated rings. The van der Waals surface area contributed by atoms with Gasteiger partial charge in [-0.1, -0.05) is 0 Å². The van der Waals surface area contributed by atoms with Gasteiger partial charge in [-0.3, -0.25) is 4.79 Å². The summed E-state index contributed by atoms with van der Waals surface area (Å²) < 4.78 is 4.94. The molecule has 0 bridgehead atoms. The van der Waals surface area contributed by atoms with Crippen LogP contribution in [-0.2, 0) is 4.79 Å². The Labute approximate surface area is 70.8 Å². The van der Waals surface area contributed by atoms with Crippen LogP contribution in [-0.4, -0.2) is 18.9 Å². The third kappa shape index (κ3) is 1.28. The second-order valence-corrected chi connectivity index (χ2v) is 3.03. The number of carbonyl (C=O) groups is 1. The van der Waals surface area contributed by atoms with E-state index in [1.54, 1.807) is 12.5 Å². The van der Waals surface area contributed by atoms with Crippen molar-refractivity contribution in [3.05, 3.63) is 24.2 Å². The van der Waals surface area contributed by atoms with Crippen LogP contribution in [0.1, 0.15) is 17.9 Å². The molecule has 0 aliphatic carbocycles. The number of Topliss-reactive ketones (excluding diaryl/α,β-unsaturated/α-hetero) is 1. The van der Waals surface area contributed by atoms with E-state index >= 15 is 0 Å². The Morgan fingerprint density at radius 1 is 1.58 bits per heavy atom. The van der Waals surface area contributed by atoms with Gasteiger partial charge in [0.05, 0.1) is 18.4 Å². The fraction of sp³-hybridized carbons (Fsp3) is 0.444. The maximum absolute atomic E-state index is 11.4. The molecule has 1 atom stereocenters. The molecule has 0 aromatic carbocycles. The van der Waals surface area contributed by atoms with Crippen molar-refractivity contribution in [2.24, 2.45) is 0 Å². The average molecular weight is 165 g/mol. The Balaban J connectivity index is 2.17. The van der Waals surface area contributed by atoms with Crippen molar-refractivity contribution < 1.29 is 9.21 Å². The molecule has 1 aromatic heterocycles. The highest BCUT2D eigenvalue weighted by atomic mass is 16.3. The molecule has 1 aromatic rings. The fourth-order valence-corrected chi connectivity index (χ4v) is 1.52. The van der Waals surface area contributed by atoms with E-state index < -0.39 is 0 Å². The van der Waals surface area contributed by atoms with Gasteiger partial charge >= 0.3 is 0 Å². The number of hydrogen-bond acceptors (Lipinski definition) is 3. The molecule has 2 heterocycles. The van der Waals surface area contributed by atoms with Gasteiger partial charge in [0.15, 0.2) is 0 Å². The highest BCUT2D eigenvalue weighted by Gasteiger charge is 2.23. The molecule has 12 heavy (non-hydrogen) atoms. The van der Waals surface area contributed by atoms with Crippen LogP contribution in [0, 0.1) is 0 Å². The van der Waals surface area contributed by atoms with Crippen molar-refractivity contribution in [1.82, 2.24) is 5.32 Å². The molecule has 1 unspecified atom stereocenters. The summed E-state index contributed by atoms with van der Waals surface area (Å²) in [5.74, 6) is 0.327. The summed E-state index contributed by atoms with van der Waals surface area (Å²) in [5.41, 5.74) is 0.993. The van der Waals surface area contributed by atoms with Crippen molar-refractivity contribution in [2.45, 2.75) is 12.3 Å². The standard InChI is InChI=1S/C9H11NO2/c11-9-1-3-10-5-8(9)7-2-4-12-6-7/h2,4,6,8,10H,1,3,5H2. The van der Waals surface area contributed by atoms with E-state index in [1.807, 2.05) is 6.07 Å². The lowest BCUT2D eigenvalue weighted by molar-refractivity contribution is -0.121.